The lowest BCUT2D eigenvalue weighted by Gasteiger charge is -2.07. The molecule has 0 saturated heterocycles. The number of benzene rings is 1. The van der Waals surface area contributed by atoms with E-state index in [1.807, 2.05) is 6.07 Å². The fourth-order valence-electron chi connectivity index (χ4n) is 1.41. The maximum atomic E-state index is 5.24. The third-order valence-corrected chi connectivity index (χ3v) is 2.48. The number of rotatable bonds is 2. The zero-order valence-electron chi connectivity index (χ0n) is 8.40. The summed E-state index contributed by atoms with van der Waals surface area (Å²) in [4.78, 5) is 7.01. The van der Waals surface area contributed by atoms with Crippen LogP contribution in [0.1, 0.15) is 0 Å². The lowest BCUT2D eigenvalue weighted by atomic mass is 10.2. The van der Waals surface area contributed by atoms with Crippen LogP contribution in [0.4, 0.5) is 0 Å². The second-order valence-electron chi connectivity index (χ2n) is 2.96. The van der Waals surface area contributed by atoms with E-state index in [0.717, 1.165) is 10.9 Å². The Morgan fingerprint density at radius 1 is 1.27 bits per heavy atom. The van der Waals surface area contributed by atoms with Gasteiger partial charge in [0.15, 0.2) is 0 Å². The smallest absolute Gasteiger partial charge is 0.146 e. The fraction of sp³-hybridized carbons (Fsp3) is 0.200. The number of aromatic amines is 1. The van der Waals surface area contributed by atoms with Crippen molar-refractivity contribution >= 4 is 23.1 Å². The Labute approximate surface area is 91.9 Å². The molecular formula is C10H10N2O2S. The molecule has 78 valence electrons. The molecule has 0 radical (unpaired) electrons. The summed E-state index contributed by atoms with van der Waals surface area (Å²) < 4.78 is 10.9. The highest BCUT2D eigenvalue weighted by Gasteiger charge is 2.06. The van der Waals surface area contributed by atoms with Gasteiger partial charge in [-0.15, -0.1) is 0 Å². The maximum Gasteiger partial charge on any atom is 0.146 e. The zero-order chi connectivity index (χ0) is 10.8. The van der Waals surface area contributed by atoms with Crippen molar-refractivity contribution in [1.29, 1.82) is 0 Å². The van der Waals surface area contributed by atoms with Crippen LogP contribution in [-0.2, 0) is 0 Å². The van der Waals surface area contributed by atoms with Crippen LogP contribution in [-0.4, -0.2) is 24.2 Å². The first kappa shape index (κ1) is 9.92. The van der Waals surface area contributed by atoms with Crippen LogP contribution in [0.15, 0.2) is 18.5 Å². The van der Waals surface area contributed by atoms with Crippen molar-refractivity contribution in [3.05, 3.63) is 23.1 Å². The van der Waals surface area contributed by atoms with Gasteiger partial charge in [-0.2, -0.15) is 0 Å². The lowest BCUT2D eigenvalue weighted by molar-refractivity contribution is 0.397. The summed E-state index contributed by atoms with van der Waals surface area (Å²) in [6.45, 7) is 0. The second kappa shape index (κ2) is 3.86. The van der Waals surface area contributed by atoms with E-state index in [-0.39, 0.29) is 0 Å². The Morgan fingerprint density at radius 3 is 2.73 bits per heavy atom. The van der Waals surface area contributed by atoms with Crippen molar-refractivity contribution in [2.45, 2.75) is 0 Å². The third kappa shape index (κ3) is 1.66. The Hall–Kier alpha value is -1.62. The van der Waals surface area contributed by atoms with Crippen LogP contribution in [0.5, 0.6) is 11.5 Å². The van der Waals surface area contributed by atoms with Gasteiger partial charge in [0.2, 0.25) is 0 Å². The fourth-order valence-corrected chi connectivity index (χ4v) is 1.63. The molecule has 15 heavy (non-hydrogen) atoms. The van der Waals surface area contributed by atoms with Crippen molar-refractivity contribution in [2.75, 3.05) is 14.2 Å². The van der Waals surface area contributed by atoms with Crippen LogP contribution in [0, 0.1) is 4.64 Å². The van der Waals surface area contributed by atoms with E-state index in [1.165, 1.54) is 0 Å². The molecule has 0 aliphatic carbocycles. The molecule has 0 aliphatic heterocycles. The van der Waals surface area contributed by atoms with Crippen molar-refractivity contribution in [2.24, 2.45) is 0 Å². The molecule has 2 aromatic rings. The lowest BCUT2D eigenvalue weighted by Crippen LogP contribution is -1.92. The zero-order valence-corrected chi connectivity index (χ0v) is 9.22. The predicted octanol–water partition coefficient (Wildman–Crippen LogP) is 2.31. The highest BCUT2D eigenvalue weighted by Crippen LogP contribution is 2.29. The molecule has 0 spiro atoms. The molecule has 0 atom stereocenters. The quantitative estimate of drug-likeness (QED) is 0.792. The molecule has 0 amide bonds. The summed E-state index contributed by atoms with van der Waals surface area (Å²) in [5.74, 6) is 1.39. The minimum atomic E-state index is 0.529. The molecule has 1 heterocycles. The predicted molar refractivity (Wildman–Crippen MR) is 60.0 cm³/mol. The minimum Gasteiger partial charge on any atom is -0.497 e. The van der Waals surface area contributed by atoms with E-state index in [2.05, 4.69) is 9.97 Å². The summed E-state index contributed by atoms with van der Waals surface area (Å²) in [5, 5.41) is 0.823. The van der Waals surface area contributed by atoms with Crippen molar-refractivity contribution < 1.29 is 9.47 Å². The number of nitrogens with zero attached hydrogens (tertiary/aromatic N) is 1. The number of hydrogen-bond donors (Lipinski definition) is 1. The first-order valence-corrected chi connectivity index (χ1v) is 4.76. The van der Waals surface area contributed by atoms with Crippen molar-refractivity contribution in [3.8, 4) is 11.5 Å². The summed E-state index contributed by atoms with van der Waals surface area (Å²) in [7, 11) is 3.20. The van der Waals surface area contributed by atoms with Crippen LogP contribution in [0.25, 0.3) is 10.9 Å². The average molecular weight is 222 g/mol. The maximum absolute atomic E-state index is 5.24. The molecule has 0 fully saturated rings. The van der Waals surface area contributed by atoms with Crippen LogP contribution in [0.2, 0.25) is 0 Å². The monoisotopic (exact) mass is 222 g/mol. The SMILES string of the molecule is COc1cc(OC)c2[nH]cnc(=S)c2c1. The number of fused-ring (bicyclic) bond motifs is 1. The normalized spacial score (nSPS) is 10.3. The third-order valence-electron chi connectivity index (χ3n) is 2.15. The van der Waals surface area contributed by atoms with Gasteiger partial charge in [0.1, 0.15) is 16.1 Å². The molecule has 0 aliphatic rings. The van der Waals surface area contributed by atoms with Crippen LogP contribution >= 0.6 is 12.2 Å². The largest absolute Gasteiger partial charge is 0.497 e. The first-order valence-electron chi connectivity index (χ1n) is 4.35. The topological polar surface area (TPSA) is 47.1 Å². The van der Waals surface area contributed by atoms with Crippen LogP contribution in [0.3, 0.4) is 0 Å². The van der Waals surface area contributed by atoms with Gasteiger partial charge in [0.05, 0.1) is 26.1 Å². The Balaban J connectivity index is 2.87. The van der Waals surface area contributed by atoms with Gasteiger partial charge in [-0.3, -0.25) is 0 Å². The molecule has 1 N–H and O–H groups in total. The van der Waals surface area contributed by atoms with E-state index in [4.69, 9.17) is 21.7 Å². The number of hydrogen-bond acceptors (Lipinski definition) is 4. The molecule has 1 aromatic carbocycles. The molecule has 4 nitrogen and oxygen atoms in total. The summed E-state index contributed by atoms with van der Waals surface area (Å²) in [5.41, 5.74) is 0.832. The number of ether oxygens (including phenoxy) is 2. The minimum absolute atomic E-state index is 0.529. The van der Waals surface area contributed by atoms with E-state index in [1.54, 1.807) is 26.6 Å². The van der Waals surface area contributed by atoms with Crippen molar-refractivity contribution in [1.82, 2.24) is 9.97 Å². The highest BCUT2D eigenvalue weighted by molar-refractivity contribution is 7.71. The van der Waals surface area contributed by atoms with Gasteiger partial charge in [-0.25, -0.2) is 4.98 Å². The Kier molecular flexibility index (Phi) is 2.55. The van der Waals surface area contributed by atoms with Gasteiger partial charge in [-0.05, 0) is 6.07 Å². The van der Waals surface area contributed by atoms with Gasteiger partial charge < -0.3 is 14.5 Å². The highest BCUT2D eigenvalue weighted by atomic mass is 32.1. The standard InChI is InChI=1S/C10H10N2O2S/c1-13-6-3-7-9(8(4-6)14-2)11-5-12-10(7)15/h3-5H,1-2H3,(H,11,12,15). The summed E-state index contributed by atoms with van der Waals surface area (Å²) in [6.07, 6.45) is 1.56. The second-order valence-corrected chi connectivity index (χ2v) is 3.35. The Bertz CT molecular complexity index is 551. The summed E-state index contributed by atoms with van der Waals surface area (Å²) in [6, 6.07) is 3.64. The number of H-pyrrole nitrogens is 1. The van der Waals surface area contributed by atoms with Gasteiger partial charge in [0, 0.05) is 11.5 Å². The van der Waals surface area contributed by atoms with Gasteiger partial charge in [0.25, 0.3) is 0 Å². The molecular weight excluding hydrogens is 212 g/mol. The first-order chi connectivity index (χ1) is 7.26. The van der Waals surface area contributed by atoms with Gasteiger partial charge >= 0.3 is 0 Å². The van der Waals surface area contributed by atoms with E-state index in [9.17, 15) is 0 Å². The Morgan fingerprint density at radius 2 is 2.07 bits per heavy atom. The number of aromatic nitrogens is 2. The molecule has 0 saturated carbocycles. The molecule has 2 rings (SSSR count). The molecule has 0 bridgehead atoms. The van der Waals surface area contributed by atoms with Crippen LogP contribution < -0.4 is 9.47 Å². The van der Waals surface area contributed by atoms with E-state index < -0.39 is 0 Å². The summed E-state index contributed by atoms with van der Waals surface area (Å²) >= 11 is 5.13. The van der Waals surface area contributed by atoms with Crippen molar-refractivity contribution in [3.63, 3.8) is 0 Å². The molecule has 0 unspecified atom stereocenters. The number of methoxy groups -OCH3 is 2. The van der Waals surface area contributed by atoms with Gasteiger partial charge in [-0.1, -0.05) is 12.2 Å². The van der Waals surface area contributed by atoms with E-state index >= 15 is 0 Å². The molecule has 1 aromatic heterocycles. The van der Waals surface area contributed by atoms with E-state index in [0.29, 0.717) is 16.1 Å². The number of nitrogens with one attached hydrogen (secondary N) is 1. The molecule has 5 heteroatoms. The average Bonchev–Trinajstić information content (AvgIpc) is 2.28.